The first kappa shape index (κ1) is 17.5. The normalized spacial score (nSPS) is 12.0. The number of hydrogen-bond donors (Lipinski definition) is 0. The van der Waals surface area contributed by atoms with Crippen molar-refractivity contribution in [1.29, 1.82) is 0 Å². The molecule has 0 aliphatic rings. The SMILES string of the molecule is CSC(=O)c1ccccc1-c1ccccc1C(C)c1ccc(C)cc1. The Kier molecular flexibility index (Phi) is 5.40. The molecule has 0 spiro atoms. The smallest absolute Gasteiger partial charge is 0.219 e. The summed E-state index contributed by atoms with van der Waals surface area (Å²) in [7, 11) is 0. The maximum absolute atomic E-state index is 12.4. The molecule has 0 N–H and O–H groups in total. The van der Waals surface area contributed by atoms with Gasteiger partial charge in [0.05, 0.1) is 0 Å². The van der Waals surface area contributed by atoms with Crippen LogP contribution in [-0.2, 0) is 0 Å². The fraction of sp³-hybridized carbons (Fsp3) is 0.174. The van der Waals surface area contributed by atoms with Crippen LogP contribution >= 0.6 is 11.8 Å². The number of thioether (sulfide) groups is 1. The Bertz CT molecular complexity index is 881. The van der Waals surface area contributed by atoms with Crippen molar-refractivity contribution in [3.63, 3.8) is 0 Å². The molecular weight excluding hydrogens is 324 g/mol. The van der Waals surface area contributed by atoms with Gasteiger partial charge in [-0.2, -0.15) is 0 Å². The molecule has 0 saturated heterocycles. The average molecular weight is 346 g/mol. The van der Waals surface area contributed by atoms with Gasteiger partial charge in [-0.1, -0.05) is 91.0 Å². The fourth-order valence-electron chi connectivity index (χ4n) is 3.16. The summed E-state index contributed by atoms with van der Waals surface area (Å²) >= 11 is 1.26. The zero-order chi connectivity index (χ0) is 17.8. The van der Waals surface area contributed by atoms with Gasteiger partial charge < -0.3 is 0 Å². The number of carbonyl (C=O) groups is 1. The molecule has 0 radical (unpaired) electrons. The standard InChI is InChI=1S/C23H22OS/c1-16-12-14-18(15-13-16)17(2)19-8-4-5-9-20(19)21-10-6-7-11-22(21)23(24)25-3/h4-15,17H,1-3H3. The first-order valence-electron chi connectivity index (χ1n) is 8.45. The highest BCUT2D eigenvalue weighted by molar-refractivity contribution is 8.13. The Morgan fingerprint density at radius 1 is 0.840 bits per heavy atom. The second kappa shape index (κ2) is 7.71. The minimum absolute atomic E-state index is 0.105. The summed E-state index contributed by atoms with van der Waals surface area (Å²) in [4.78, 5) is 12.4. The van der Waals surface area contributed by atoms with Crippen LogP contribution in [0.1, 0.15) is 39.9 Å². The van der Waals surface area contributed by atoms with Crippen LogP contribution < -0.4 is 0 Å². The third-order valence-electron chi connectivity index (χ3n) is 4.63. The van der Waals surface area contributed by atoms with Crippen LogP contribution in [-0.4, -0.2) is 11.4 Å². The number of rotatable bonds is 4. The second-order valence-electron chi connectivity index (χ2n) is 6.26. The Hall–Kier alpha value is -2.32. The van der Waals surface area contributed by atoms with Crippen molar-refractivity contribution in [2.45, 2.75) is 19.8 Å². The van der Waals surface area contributed by atoms with Crippen LogP contribution in [0.2, 0.25) is 0 Å². The summed E-state index contributed by atoms with van der Waals surface area (Å²) in [5, 5.41) is 0.105. The monoisotopic (exact) mass is 346 g/mol. The van der Waals surface area contributed by atoms with Crippen molar-refractivity contribution in [2.75, 3.05) is 6.26 Å². The molecule has 0 heterocycles. The molecule has 25 heavy (non-hydrogen) atoms. The molecule has 0 aromatic heterocycles. The van der Waals surface area contributed by atoms with Crippen LogP contribution in [0.4, 0.5) is 0 Å². The Labute approximate surface area is 154 Å². The van der Waals surface area contributed by atoms with Crippen LogP contribution in [0, 0.1) is 6.92 Å². The summed E-state index contributed by atoms with van der Waals surface area (Å²) in [6.07, 6.45) is 1.83. The number of benzene rings is 3. The Morgan fingerprint density at radius 2 is 1.44 bits per heavy atom. The molecule has 0 bridgehead atoms. The van der Waals surface area contributed by atoms with Crippen molar-refractivity contribution in [3.05, 3.63) is 95.1 Å². The van der Waals surface area contributed by atoms with E-state index in [0.717, 1.165) is 16.7 Å². The minimum atomic E-state index is 0.105. The molecule has 126 valence electrons. The lowest BCUT2D eigenvalue weighted by Gasteiger charge is -2.19. The van der Waals surface area contributed by atoms with Crippen LogP contribution in [0.15, 0.2) is 72.8 Å². The zero-order valence-corrected chi connectivity index (χ0v) is 15.6. The molecular formula is C23H22OS. The van der Waals surface area contributed by atoms with Crippen molar-refractivity contribution in [1.82, 2.24) is 0 Å². The van der Waals surface area contributed by atoms with Gasteiger partial charge in [-0.25, -0.2) is 0 Å². The summed E-state index contributed by atoms with van der Waals surface area (Å²) in [5.74, 6) is 0.259. The van der Waals surface area contributed by atoms with Crippen molar-refractivity contribution in [2.24, 2.45) is 0 Å². The molecule has 1 atom stereocenters. The van der Waals surface area contributed by atoms with Crippen LogP contribution in [0.3, 0.4) is 0 Å². The van der Waals surface area contributed by atoms with E-state index in [1.54, 1.807) is 0 Å². The van der Waals surface area contributed by atoms with E-state index < -0.39 is 0 Å². The van der Waals surface area contributed by atoms with Gasteiger partial charge in [0, 0.05) is 11.5 Å². The quantitative estimate of drug-likeness (QED) is 0.550. The van der Waals surface area contributed by atoms with Crippen LogP contribution in [0.5, 0.6) is 0 Å². The predicted molar refractivity (Wildman–Crippen MR) is 108 cm³/mol. The molecule has 0 aliphatic carbocycles. The first-order chi connectivity index (χ1) is 12.1. The second-order valence-corrected chi connectivity index (χ2v) is 7.04. The zero-order valence-electron chi connectivity index (χ0n) is 14.8. The fourth-order valence-corrected chi connectivity index (χ4v) is 3.56. The molecule has 3 aromatic carbocycles. The number of hydrogen-bond acceptors (Lipinski definition) is 2. The maximum Gasteiger partial charge on any atom is 0.219 e. The summed E-state index contributed by atoms with van der Waals surface area (Å²) in [6, 6.07) is 25.0. The summed E-state index contributed by atoms with van der Waals surface area (Å²) in [6.45, 7) is 4.33. The van der Waals surface area contributed by atoms with E-state index in [0.29, 0.717) is 0 Å². The van der Waals surface area contributed by atoms with Gasteiger partial charge >= 0.3 is 0 Å². The van der Waals surface area contributed by atoms with Crippen molar-refractivity contribution >= 4 is 16.9 Å². The highest BCUT2D eigenvalue weighted by Crippen LogP contribution is 2.35. The highest BCUT2D eigenvalue weighted by Gasteiger charge is 2.17. The van der Waals surface area contributed by atoms with E-state index in [1.807, 2.05) is 36.6 Å². The third-order valence-corrected chi connectivity index (χ3v) is 5.22. The van der Waals surface area contributed by atoms with Gasteiger partial charge in [-0.05, 0) is 41.5 Å². The summed E-state index contributed by atoms with van der Waals surface area (Å²) in [5.41, 5.74) is 6.71. The number of aryl methyl sites for hydroxylation is 1. The lowest BCUT2D eigenvalue weighted by Crippen LogP contribution is -2.02. The first-order valence-corrected chi connectivity index (χ1v) is 9.67. The molecule has 0 aliphatic heterocycles. The van der Waals surface area contributed by atoms with E-state index in [-0.39, 0.29) is 11.0 Å². The maximum atomic E-state index is 12.4. The molecule has 0 amide bonds. The van der Waals surface area contributed by atoms with E-state index in [1.165, 1.54) is 28.5 Å². The average Bonchev–Trinajstić information content (AvgIpc) is 2.67. The van der Waals surface area contributed by atoms with E-state index in [4.69, 9.17) is 0 Å². The largest absolute Gasteiger partial charge is 0.282 e. The van der Waals surface area contributed by atoms with Gasteiger partial charge in [0.15, 0.2) is 0 Å². The van der Waals surface area contributed by atoms with Gasteiger partial charge in [0.1, 0.15) is 0 Å². The van der Waals surface area contributed by atoms with Gasteiger partial charge in [0.25, 0.3) is 0 Å². The van der Waals surface area contributed by atoms with Crippen LogP contribution in [0.25, 0.3) is 11.1 Å². The molecule has 3 aromatic rings. The summed E-state index contributed by atoms with van der Waals surface area (Å²) < 4.78 is 0. The topological polar surface area (TPSA) is 17.1 Å². The predicted octanol–water partition coefficient (Wildman–Crippen LogP) is 6.32. The molecule has 3 rings (SSSR count). The molecule has 0 fully saturated rings. The molecule has 1 unspecified atom stereocenters. The van der Waals surface area contributed by atoms with Crippen molar-refractivity contribution < 1.29 is 4.79 Å². The van der Waals surface area contributed by atoms with Crippen molar-refractivity contribution in [3.8, 4) is 11.1 Å². The van der Waals surface area contributed by atoms with Gasteiger partial charge in [0.2, 0.25) is 5.12 Å². The molecule has 1 nitrogen and oxygen atoms in total. The van der Waals surface area contributed by atoms with Gasteiger partial charge in [-0.15, -0.1) is 0 Å². The number of carbonyl (C=O) groups excluding carboxylic acids is 1. The lowest BCUT2D eigenvalue weighted by atomic mass is 9.86. The minimum Gasteiger partial charge on any atom is -0.282 e. The van der Waals surface area contributed by atoms with E-state index in [2.05, 4.69) is 56.3 Å². The molecule has 0 saturated carbocycles. The van der Waals surface area contributed by atoms with E-state index >= 15 is 0 Å². The highest BCUT2D eigenvalue weighted by atomic mass is 32.2. The van der Waals surface area contributed by atoms with E-state index in [9.17, 15) is 4.79 Å². The third kappa shape index (κ3) is 3.69. The Balaban J connectivity index is 2.11. The molecule has 2 heteroatoms. The Morgan fingerprint density at radius 3 is 2.12 bits per heavy atom. The van der Waals surface area contributed by atoms with Gasteiger partial charge in [-0.3, -0.25) is 4.79 Å². The lowest BCUT2D eigenvalue weighted by molar-refractivity contribution is 0.109.